The molecule has 0 aromatic carbocycles. The molecule has 0 bridgehead atoms. The van der Waals surface area contributed by atoms with E-state index >= 15 is 4.39 Å². The molecule has 0 saturated heterocycles. The Morgan fingerprint density at radius 3 is 2.82 bits per heavy atom. The van der Waals surface area contributed by atoms with Crippen LogP contribution in [0.1, 0.15) is 71.6 Å². The summed E-state index contributed by atoms with van der Waals surface area (Å²) in [5, 5.41) is 16.1. The number of ketones is 1. The van der Waals surface area contributed by atoms with E-state index < -0.39 is 11.3 Å². The van der Waals surface area contributed by atoms with Gasteiger partial charge in [0.05, 0.1) is 17.7 Å². The molecule has 4 fully saturated rings. The molecule has 0 unspecified atom stereocenters. The van der Waals surface area contributed by atoms with E-state index in [1.165, 1.54) is 0 Å². The second-order valence-corrected chi connectivity index (χ2v) is 12.2. The number of rotatable bonds is 3. The monoisotopic (exact) mass is 453 g/mol. The first-order valence-corrected chi connectivity index (χ1v) is 12.9. The van der Waals surface area contributed by atoms with E-state index in [4.69, 9.17) is 0 Å². The minimum Gasteiger partial charge on any atom is -0.390 e. The molecule has 6 heteroatoms. The van der Waals surface area contributed by atoms with E-state index in [9.17, 15) is 9.90 Å². The van der Waals surface area contributed by atoms with Crippen molar-refractivity contribution in [3.05, 3.63) is 24.7 Å². The number of alkyl halides is 1. The molecule has 0 amide bonds. The highest BCUT2D eigenvalue weighted by molar-refractivity contribution is 5.83. The Morgan fingerprint density at radius 1 is 1.15 bits per heavy atom. The lowest BCUT2D eigenvalue weighted by atomic mass is 9.48. The number of pyridine rings is 1. The summed E-state index contributed by atoms with van der Waals surface area (Å²) in [7, 11) is 0. The van der Waals surface area contributed by atoms with Crippen LogP contribution in [0.25, 0.3) is 10.9 Å². The van der Waals surface area contributed by atoms with Gasteiger partial charge >= 0.3 is 0 Å². The molecule has 33 heavy (non-hydrogen) atoms. The maximum atomic E-state index is 16.5. The van der Waals surface area contributed by atoms with Crippen LogP contribution in [0.2, 0.25) is 0 Å². The van der Waals surface area contributed by atoms with Crippen LogP contribution >= 0.6 is 0 Å². The fourth-order valence-corrected chi connectivity index (χ4v) is 8.77. The van der Waals surface area contributed by atoms with E-state index in [2.05, 4.69) is 17.0 Å². The second-order valence-electron chi connectivity index (χ2n) is 12.2. The zero-order valence-corrected chi connectivity index (χ0v) is 19.8. The molecule has 4 saturated carbocycles. The summed E-state index contributed by atoms with van der Waals surface area (Å²) in [6, 6.07) is 1.87. The minimum absolute atomic E-state index is 0.00544. The van der Waals surface area contributed by atoms with Crippen LogP contribution in [-0.4, -0.2) is 36.9 Å². The molecular weight excluding hydrogens is 417 g/mol. The largest absolute Gasteiger partial charge is 0.390 e. The van der Waals surface area contributed by atoms with Gasteiger partial charge in [-0.1, -0.05) is 6.92 Å². The van der Waals surface area contributed by atoms with Crippen molar-refractivity contribution in [1.29, 1.82) is 0 Å². The Morgan fingerprint density at radius 2 is 2.00 bits per heavy atom. The fraction of sp³-hybridized carbons (Fsp3) is 0.741. The quantitative estimate of drug-likeness (QED) is 0.701. The maximum absolute atomic E-state index is 16.5. The highest BCUT2D eigenvalue weighted by Crippen LogP contribution is 2.66. The molecular formula is C27H36FN3O2. The van der Waals surface area contributed by atoms with Crippen LogP contribution in [0.4, 0.5) is 4.39 Å². The van der Waals surface area contributed by atoms with Gasteiger partial charge in [-0.3, -0.25) is 14.5 Å². The zero-order valence-electron chi connectivity index (χ0n) is 19.8. The van der Waals surface area contributed by atoms with Crippen molar-refractivity contribution in [2.75, 3.05) is 0 Å². The predicted molar refractivity (Wildman–Crippen MR) is 124 cm³/mol. The third-order valence-electron chi connectivity index (χ3n) is 10.4. The molecule has 8 atom stereocenters. The van der Waals surface area contributed by atoms with Gasteiger partial charge < -0.3 is 5.11 Å². The van der Waals surface area contributed by atoms with Gasteiger partial charge in [-0.25, -0.2) is 4.39 Å². The van der Waals surface area contributed by atoms with E-state index in [1.54, 1.807) is 17.1 Å². The van der Waals surface area contributed by atoms with E-state index in [0.29, 0.717) is 37.6 Å². The molecule has 4 aliphatic carbocycles. The Hall–Kier alpha value is -1.82. The number of hydrogen-bond acceptors (Lipinski definition) is 4. The molecule has 0 spiro atoms. The Kier molecular flexibility index (Phi) is 4.82. The lowest BCUT2D eigenvalue weighted by Crippen LogP contribution is -2.58. The number of aromatic nitrogens is 3. The number of hydrogen-bond donors (Lipinski definition) is 1. The highest BCUT2D eigenvalue weighted by Gasteiger charge is 2.63. The molecule has 4 aliphatic rings. The Balaban J connectivity index is 1.21. The number of aliphatic hydroxyl groups is 1. The normalized spacial score (nSPS) is 44.8. The third-order valence-corrected chi connectivity index (χ3v) is 10.4. The number of halogens is 1. The van der Waals surface area contributed by atoms with Crippen molar-refractivity contribution in [3.8, 4) is 0 Å². The predicted octanol–water partition coefficient (Wildman–Crippen LogP) is 5.11. The van der Waals surface area contributed by atoms with Crippen molar-refractivity contribution in [2.24, 2.45) is 35.0 Å². The zero-order chi connectivity index (χ0) is 23.0. The van der Waals surface area contributed by atoms with Gasteiger partial charge in [0.2, 0.25) is 0 Å². The van der Waals surface area contributed by atoms with E-state index in [0.717, 1.165) is 49.4 Å². The van der Waals surface area contributed by atoms with Gasteiger partial charge in [0, 0.05) is 29.9 Å². The molecule has 2 aromatic rings. The van der Waals surface area contributed by atoms with Crippen molar-refractivity contribution >= 4 is 16.7 Å². The summed E-state index contributed by atoms with van der Waals surface area (Å²) in [6.07, 6.45) is 12.8. The molecule has 2 aromatic heterocycles. The van der Waals surface area contributed by atoms with Crippen molar-refractivity contribution in [3.63, 3.8) is 0 Å². The average Bonchev–Trinajstić information content (AvgIpc) is 3.34. The van der Waals surface area contributed by atoms with E-state index in [-0.39, 0.29) is 29.0 Å². The summed E-state index contributed by atoms with van der Waals surface area (Å²) < 4.78 is 18.3. The molecule has 6 rings (SSSR count). The Bertz CT molecular complexity index is 1050. The topological polar surface area (TPSA) is 68.0 Å². The minimum atomic E-state index is -1.13. The second kappa shape index (κ2) is 7.34. The van der Waals surface area contributed by atoms with Gasteiger partial charge in [-0.2, -0.15) is 5.10 Å². The standard InChI is InChI=1S/C27H36FN3O2/c1-25(33)10-11-27(28)18(13-25)3-4-19-20-5-6-22(26(20,2)9-7-21(19)27)24(32)16-31-15-17-14-29-12-8-23(17)30-31/h8,12,14-15,18-22,33H,3-7,9-11,13,16H2,1-2H3/t18-,19+,20+,21+,22-,25-,26+,27-/m1/s1. The van der Waals surface area contributed by atoms with Crippen molar-refractivity contribution in [2.45, 2.75) is 89.4 Å². The summed E-state index contributed by atoms with van der Waals surface area (Å²) in [5.41, 5.74) is -1.01. The van der Waals surface area contributed by atoms with Crippen LogP contribution in [0.3, 0.4) is 0 Å². The summed E-state index contributed by atoms with van der Waals surface area (Å²) >= 11 is 0. The van der Waals surface area contributed by atoms with E-state index in [1.807, 2.05) is 19.2 Å². The SMILES string of the molecule is C[C@@]1(O)CC[C@@]2(F)[C@H](CC[C@H]3[C@@H]4CC[C@H](C(=O)Cn5cc6cnccc6n5)[C@@]4(C)CC[C@@H]32)C1. The van der Waals surface area contributed by atoms with Gasteiger partial charge in [-0.05, 0) is 99.9 Å². The molecule has 2 heterocycles. The smallest absolute Gasteiger partial charge is 0.157 e. The number of nitrogens with zero attached hydrogens (tertiary/aromatic N) is 3. The first-order valence-electron chi connectivity index (χ1n) is 12.9. The van der Waals surface area contributed by atoms with Gasteiger partial charge in [-0.15, -0.1) is 0 Å². The lowest BCUT2D eigenvalue weighted by Gasteiger charge is -2.59. The number of Topliss-reactive ketones (excluding diaryl/α,β-unsaturated/α-hetero) is 1. The third kappa shape index (κ3) is 3.30. The van der Waals surface area contributed by atoms with Crippen molar-refractivity contribution < 1.29 is 14.3 Å². The molecule has 1 N–H and O–H groups in total. The number of carbonyl (C=O) groups excluding carboxylic acids is 1. The van der Waals surface area contributed by atoms with Crippen LogP contribution in [0, 0.1) is 35.0 Å². The fourth-order valence-electron chi connectivity index (χ4n) is 8.77. The van der Waals surface area contributed by atoms with Crippen LogP contribution in [-0.2, 0) is 11.3 Å². The van der Waals surface area contributed by atoms with Gasteiger partial charge in [0.15, 0.2) is 5.78 Å². The lowest BCUT2D eigenvalue weighted by molar-refractivity contribution is -0.166. The van der Waals surface area contributed by atoms with Crippen LogP contribution in [0.15, 0.2) is 24.7 Å². The van der Waals surface area contributed by atoms with Crippen LogP contribution < -0.4 is 0 Å². The summed E-state index contributed by atoms with van der Waals surface area (Å²) in [5.74, 6) is 1.22. The Labute approximate surface area is 195 Å². The number of fused-ring (bicyclic) bond motifs is 6. The van der Waals surface area contributed by atoms with Gasteiger partial charge in [0.25, 0.3) is 0 Å². The number of carbonyl (C=O) groups is 1. The van der Waals surface area contributed by atoms with Crippen LogP contribution in [0.5, 0.6) is 0 Å². The first-order chi connectivity index (χ1) is 15.7. The average molecular weight is 454 g/mol. The molecule has 178 valence electrons. The molecule has 5 nitrogen and oxygen atoms in total. The molecule has 0 radical (unpaired) electrons. The maximum Gasteiger partial charge on any atom is 0.157 e. The van der Waals surface area contributed by atoms with Crippen molar-refractivity contribution in [1.82, 2.24) is 14.8 Å². The van der Waals surface area contributed by atoms with Gasteiger partial charge in [0.1, 0.15) is 5.67 Å². The highest BCUT2D eigenvalue weighted by atomic mass is 19.1. The molecule has 0 aliphatic heterocycles. The first kappa shape index (κ1) is 21.7. The summed E-state index contributed by atoms with van der Waals surface area (Å²) in [4.78, 5) is 17.6. The summed E-state index contributed by atoms with van der Waals surface area (Å²) in [6.45, 7) is 4.50.